The van der Waals surface area contributed by atoms with Gasteiger partial charge in [0.1, 0.15) is 4.99 Å². The first-order valence-electron chi connectivity index (χ1n) is 5.83. The highest BCUT2D eigenvalue weighted by Gasteiger charge is 2.11. The number of hydrogen-bond acceptors (Lipinski definition) is 3. The largest absolute Gasteiger partial charge is 0.389 e. The van der Waals surface area contributed by atoms with Crippen LogP contribution in [0.4, 0.5) is 5.69 Å². The maximum atomic E-state index is 11.1. The SMILES string of the molecule is CC(C)CN(CC(N)=O)c1ccc(C(N)=S)cc1. The molecule has 0 fully saturated rings. The molecule has 5 heteroatoms. The van der Waals surface area contributed by atoms with E-state index in [0.29, 0.717) is 10.9 Å². The number of nitrogens with two attached hydrogens (primary N) is 2. The third-order valence-electron chi connectivity index (χ3n) is 2.45. The molecule has 0 saturated heterocycles. The van der Waals surface area contributed by atoms with Crippen molar-refractivity contribution in [3.8, 4) is 0 Å². The first-order valence-corrected chi connectivity index (χ1v) is 6.24. The summed E-state index contributed by atoms with van der Waals surface area (Å²) < 4.78 is 0. The second-order valence-corrected chi connectivity index (χ2v) is 5.09. The van der Waals surface area contributed by atoms with Crippen LogP contribution in [0.5, 0.6) is 0 Å². The van der Waals surface area contributed by atoms with Crippen molar-refractivity contribution in [2.45, 2.75) is 13.8 Å². The smallest absolute Gasteiger partial charge is 0.236 e. The van der Waals surface area contributed by atoms with Crippen LogP contribution in [0.1, 0.15) is 19.4 Å². The van der Waals surface area contributed by atoms with Crippen LogP contribution in [0.2, 0.25) is 0 Å². The van der Waals surface area contributed by atoms with E-state index in [1.165, 1.54) is 0 Å². The van der Waals surface area contributed by atoms with Gasteiger partial charge in [0.25, 0.3) is 0 Å². The van der Waals surface area contributed by atoms with Gasteiger partial charge in [0.05, 0.1) is 6.54 Å². The van der Waals surface area contributed by atoms with Crippen LogP contribution in [0.3, 0.4) is 0 Å². The van der Waals surface area contributed by atoms with Crippen LogP contribution in [0.15, 0.2) is 24.3 Å². The molecule has 1 aromatic carbocycles. The first-order chi connectivity index (χ1) is 8.40. The van der Waals surface area contributed by atoms with E-state index in [4.69, 9.17) is 23.7 Å². The number of carbonyl (C=O) groups is 1. The summed E-state index contributed by atoms with van der Waals surface area (Å²) in [6, 6.07) is 7.51. The Morgan fingerprint density at radius 1 is 1.28 bits per heavy atom. The Morgan fingerprint density at radius 3 is 2.22 bits per heavy atom. The number of benzene rings is 1. The Hall–Kier alpha value is -1.62. The Morgan fingerprint density at radius 2 is 1.83 bits per heavy atom. The van der Waals surface area contributed by atoms with Crippen molar-refractivity contribution in [3.05, 3.63) is 29.8 Å². The molecule has 4 N–H and O–H groups in total. The minimum absolute atomic E-state index is 0.213. The fourth-order valence-corrected chi connectivity index (χ4v) is 1.86. The number of rotatable bonds is 6. The zero-order chi connectivity index (χ0) is 13.7. The molecular formula is C13H19N3OS. The average molecular weight is 265 g/mol. The number of amides is 1. The molecule has 0 aliphatic heterocycles. The molecule has 0 radical (unpaired) electrons. The summed E-state index contributed by atoms with van der Waals surface area (Å²) in [5.41, 5.74) is 12.6. The number of hydrogen-bond donors (Lipinski definition) is 2. The van der Waals surface area contributed by atoms with Crippen molar-refractivity contribution in [3.63, 3.8) is 0 Å². The number of anilines is 1. The summed E-state index contributed by atoms with van der Waals surface area (Å²) in [5.74, 6) is 0.105. The van der Waals surface area contributed by atoms with E-state index in [9.17, 15) is 4.79 Å². The molecule has 0 aromatic heterocycles. The number of nitrogens with zero attached hydrogens (tertiary/aromatic N) is 1. The van der Waals surface area contributed by atoms with E-state index in [0.717, 1.165) is 17.8 Å². The molecule has 0 spiro atoms. The van der Waals surface area contributed by atoms with Crippen LogP contribution >= 0.6 is 12.2 Å². The van der Waals surface area contributed by atoms with Crippen molar-refractivity contribution in [2.24, 2.45) is 17.4 Å². The average Bonchev–Trinajstić information content (AvgIpc) is 2.27. The number of primary amides is 1. The fourth-order valence-electron chi connectivity index (χ4n) is 1.73. The van der Waals surface area contributed by atoms with Crippen LogP contribution < -0.4 is 16.4 Å². The quantitative estimate of drug-likeness (QED) is 0.760. The van der Waals surface area contributed by atoms with Crippen molar-refractivity contribution < 1.29 is 4.79 Å². The van der Waals surface area contributed by atoms with Gasteiger partial charge in [-0.3, -0.25) is 4.79 Å². The second kappa shape index (κ2) is 6.35. The molecule has 1 aromatic rings. The van der Waals surface area contributed by atoms with Gasteiger partial charge in [-0.15, -0.1) is 0 Å². The van der Waals surface area contributed by atoms with Crippen molar-refractivity contribution in [1.82, 2.24) is 0 Å². The third-order valence-corrected chi connectivity index (χ3v) is 2.68. The summed E-state index contributed by atoms with van der Waals surface area (Å²) in [6.07, 6.45) is 0. The molecule has 18 heavy (non-hydrogen) atoms. The lowest BCUT2D eigenvalue weighted by Gasteiger charge is -2.25. The predicted octanol–water partition coefficient (Wildman–Crippen LogP) is 1.27. The Kier molecular flexibility index (Phi) is 5.09. The molecule has 1 amide bonds. The van der Waals surface area contributed by atoms with Gasteiger partial charge in [0.15, 0.2) is 0 Å². The molecule has 1 rings (SSSR count). The number of carbonyl (C=O) groups excluding carboxylic acids is 1. The normalized spacial score (nSPS) is 10.4. The van der Waals surface area contributed by atoms with Crippen molar-refractivity contribution in [1.29, 1.82) is 0 Å². The summed E-state index contributed by atoms with van der Waals surface area (Å²) >= 11 is 4.90. The highest BCUT2D eigenvalue weighted by atomic mass is 32.1. The van der Waals surface area contributed by atoms with Crippen molar-refractivity contribution >= 4 is 28.8 Å². The summed E-state index contributed by atoms with van der Waals surface area (Å²) in [5, 5.41) is 0. The molecule has 98 valence electrons. The molecule has 0 aliphatic carbocycles. The van der Waals surface area contributed by atoms with Gasteiger partial charge in [-0.25, -0.2) is 0 Å². The molecular weight excluding hydrogens is 246 g/mol. The topological polar surface area (TPSA) is 72.3 Å². The molecule has 0 atom stereocenters. The first kappa shape index (κ1) is 14.4. The maximum Gasteiger partial charge on any atom is 0.236 e. The Balaban J connectivity index is 2.90. The van der Waals surface area contributed by atoms with Gasteiger partial charge in [-0.1, -0.05) is 26.1 Å². The van der Waals surface area contributed by atoms with Crippen LogP contribution in [0, 0.1) is 5.92 Å². The standard InChI is InChI=1S/C13H19N3OS/c1-9(2)7-16(8-12(14)17)11-5-3-10(4-6-11)13(15)18/h3-6,9H,7-8H2,1-2H3,(H2,14,17)(H2,15,18). The summed E-state index contributed by atoms with van der Waals surface area (Å²) in [6.45, 7) is 5.18. The highest BCUT2D eigenvalue weighted by molar-refractivity contribution is 7.80. The predicted molar refractivity (Wildman–Crippen MR) is 78.6 cm³/mol. The van der Waals surface area contributed by atoms with E-state index in [-0.39, 0.29) is 12.5 Å². The third kappa shape index (κ3) is 4.33. The monoisotopic (exact) mass is 265 g/mol. The van der Waals surface area contributed by atoms with Gasteiger partial charge in [-0.2, -0.15) is 0 Å². The minimum atomic E-state index is -0.339. The van der Waals surface area contributed by atoms with Crippen LogP contribution in [-0.4, -0.2) is 24.0 Å². The van der Waals surface area contributed by atoms with Gasteiger partial charge < -0.3 is 16.4 Å². The van der Waals surface area contributed by atoms with Crippen molar-refractivity contribution in [2.75, 3.05) is 18.0 Å². The molecule has 4 nitrogen and oxygen atoms in total. The van der Waals surface area contributed by atoms with E-state index < -0.39 is 0 Å². The Labute approximate surface area is 113 Å². The van der Waals surface area contributed by atoms with Gasteiger partial charge in [0.2, 0.25) is 5.91 Å². The lowest BCUT2D eigenvalue weighted by molar-refractivity contribution is -0.116. The van der Waals surface area contributed by atoms with E-state index >= 15 is 0 Å². The van der Waals surface area contributed by atoms with Gasteiger partial charge >= 0.3 is 0 Å². The molecule has 0 aliphatic rings. The maximum absolute atomic E-state index is 11.1. The van der Waals surface area contributed by atoms with E-state index in [1.807, 2.05) is 29.2 Å². The van der Waals surface area contributed by atoms with E-state index in [2.05, 4.69) is 13.8 Å². The lowest BCUT2D eigenvalue weighted by atomic mass is 10.1. The molecule has 0 heterocycles. The molecule has 0 saturated carbocycles. The van der Waals surface area contributed by atoms with Crippen LogP contribution in [-0.2, 0) is 4.79 Å². The van der Waals surface area contributed by atoms with Gasteiger partial charge in [-0.05, 0) is 30.2 Å². The fraction of sp³-hybridized carbons (Fsp3) is 0.385. The second-order valence-electron chi connectivity index (χ2n) is 4.65. The van der Waals surface area contributed by atoms with Crippen LogP contribution in [0.25, 0.3) is 0 Å². The number of thiocarbonyl (C=S) groups is 1. The molecule has 0 unspecified atom stereocenters. The lowest BCUT2D eigenvalue weighted by Crippen LogP contribution is -2.36. The highest BCUT2D eigenvalue weighted by Crippen LogP contribution is 2.16. The van der Waals surface area contributed by atoms with Gasteiger partial charge in [0, 0.05) is 17.8 Å². The minimum Gasteiger partial charge on any atom is -0.389 e. The zero-order valence-corrected chi connectivity index (χ0v) is 11.5. The summed E-state index contributed by atoms with van der Waals surface area (Å²) in [7, 11) is 0. The zero-order valence-electron chi connectivity index (χ0n) is 10.7. The molecule has 0 bridgehead atoms. The summed E-state index contributed by atoms with van der Waals surface area (Å²) in [4.78, 5) is 13.4. The Bertz CT molecular complexity index is 428. The van der Waals surface area contributed by atoms with E-state index in [1.54, 1.807) is 0 Å².